The van der Waals surface area contributed by atoms with Crippen molar-refractivity contribution in [2.45, 2.75) is 25.3 Å². The largest absolute Gasteiger partial charge is 1.00 e. The Hall–Kier alpha value is -3.93. The van der Waals surface area contributed by atoms with Gasteiger partial charge in [-0.2, -0.15) is 0 Å². The van der Waals surface area contributed by atoms with Crippen molar-refractivity contribution in [2.24, 2.45) is 0 Å². The van der Waals surface area contributed by atoms with Gasteiger partial charge in [0.1, 0.15) is 11.5 Å². The molecule has 0 fully saturated rings. The average Bonchev–Trinajstić information content (AvgIpc) is 3.25. The van der Waals surface area contributed by atoms with Crippen LogP contribution in [0.15, 0.2) is 60.7 Å². The smallest absolute Gasteiger partial charge is 0.352 e. The zero-order valence-corrected chi connectivity index (χ0v) is 22.8. The fourth-order valence-electron chi connectivity index (χ4n) is 4.36. The summed E-state index contributed by atoms with van der Waals surface area (Å²) >= 11 is 0. The molecule has 0 spiro atoms. The minimum Gasteiger partial charge on any atom is -1.00 e. The number of carboxylic acid groups (broad SMARTS) is 1. The summed E-state index contributed by atoms with van der Waals surface area (Å²) in [6.45, 7) is 2.40. The van der Waals surface area contributed by atoms with E-state index < -0.39 is 39.4 Å². The third kappa shape index (κ3) is 6.75. The number of anilines is 1. The first kappa shape index (κ1) is 29.6. The van der Waals surface area contributed by atoms with Crippen molar-refractivity contribution in [1.29, 1.82) is 0 Å². The lowest BCUT2D eigenvalue weighted by atomic mass is 9.98. The second-order valence-corrected chi connectivity index (χ2v) is 11.2. The quantitative estimate of drug-likeness (QED) is 0.211. The number of rotatable bonds is 8. The van der Waals surface area contributed by atoms with Crippen LogP contribution in [-0.2, 0) is 22.1 Å². The fraction of sp³-hybridized carbons (Fsp3) is 0.185. The van der Waals surface area contributed by atoms with Gasteiger partial charge in [-0.25, -0.2) is 22.4 Å². The Bertz CT molecular complexity index is 1640. The molecule has 206 valence electrons. The number of aromatic carboxylic acids is 1. The molecule has 4 rings (SSSR count). The Morgan fingerprint density at radius 1 is 1.10 bits per heavy atom. The van der Waals surface area contributed by atoms with Crippen LogP contribution < -0.4 is 28.8 Å². The van der Waals surface area contributed by atoms with Gasteiger partial charge in [0, 0.05) is 34.0 Å². The normalized spacial score (nSPS) is 12.0. The van der Waals surface area contributed by atoms with E-state index in [2.05, 4.69) is 21.4 Å². The maximum atomic E-state index is 14.8. The summed E-state index contributed by atoms with van der Waals surface area (Å²) in [6.07, 6.45) is 1.01. The molecule has 1 heterocycles. The predicted octanol–water partition coefficient (Wildman–Crippen LogP) is 0.845. The molecule has 7 N–H and O–H groups in total. The first-order chi connectivity index (χ1) is 18.0. The molecule has 3 aromatic carbocycles. The number of hydrogen-bond acceptors (Lipinski definition) is 4. The highest BCUT2D eigenvalue weighted by atomic mass is 35.5. The fourth-order valence-corrected chi connectivity index (χ4v) is 5.16. The second-order valence-electron chi connectivity index (χ2n) is 9.09. The van der Waals surface area contributed by atoms with Gasteiger partial charge in [-0.15, -0.1) is 0 Å². The van der Waals surface area contributed by atoms with E-state index in [0.717, 1.165) is 17.9 Å². The zero-order valence-electron chi connectivity index (χ0n) is 21.2. The molecule has 9 nitrogen and oxygen atoms in total. The van der Waals surface area contributed by atoms with E-state index in [1.807, 2.05) is 12.1 Å². The Labute approximate surface area is 230 Å². The van der Waals surface area contributed by atoms with Gasteiger partial charge < -0.3 is 38.9 Å². The van der Waals surface area contributed by atoms with Crippen molar-refractivity contribution in [3.63, 3.8) is 0 Å². The Morgan fingerprint density at radius 2 is 1.79 bits per heavy atom. The number of benzene rings is 3. The van der Waals surface area contributed by atoms with Gasteiger partial charge in [-0.1, -0.05) is 42.5 Å². The van der Waals surface area contributed by atoms with E-state index in [0.29, 0.717) is 28.7 Å². The lowest BCUT2D eigenvalue weighted by Gasteiger charge is -2.16. The lowest BCUT2D eigenvalue weighted by Crippen LogP contribution is -3.00. The van der Waals surface area contributed by atoms with Crippen molar-refractivity contribution < 1.29 is 45.6 Å². The van der Waals surface area contributed by atoms with E-state index >= 15 is 0 Å². The Balaban J connectivity index is 0.00000420. The summed E-state index contributed by atoms with van der Waals surface area (Å²) < 4.78 is 38.0. The van der Waals surface area contributed by atoms with E-state index in [9.17, 15) is 27.5 Å². The van der Waals surface area contributed by atoms with Crippen LogP contribution in [0.25, 0.3) is 22.0 Å². The van der Waals surface area contributed by atoms with Crippen LogP contribution >= 0.6 is 0 Å². The van der Waals surface area contributed by atoms with Crippen molar-refractivity contribution in [3.05, 3.63) is 88.9 Å². The molecule has 1 aromatic heterocycles. The van der Waals surface area contributed by atoms with E-state index in [1.54, 1.807) is 37.3 Å². The van der Waals surface area contributed by atoms with Crippen LogP contribution in [0.3, 0.4) is 0 Å². The van der Waals surface area contributed by atoms with Gasteiger partial charge in [0.2, 0.25) is 0 Å². The summed E-state index contributed by atoms with van der Waals surface area (Å²) in [5, 5.41) is 16.0. The molecule has 1 unspecified atom stereocenters. The number of urea groups is 1. The molecule has 0 bridgehead atoms. The van der Waals surface area contributed by atoms with E-state index in [1.165, 1.54) is 12.1 Å². The molecule has 0 aliphatic carbocycles. The number of quaternary nitrogens is 1. The topological polar surface area (TPSA) is 156 Å². The van der Waals surface area contributed by atoms with Crippen LogP contribution in [0.5, 0.6) is 0 Å². The van der Waals surface area contributed by atoms with Gasteiger partial charge in [0.25, 0.3) is 0 Å². The molecule has 0 saturated carbocycles. The summed E-state index contributed by atoms with van der Waals surface area (Å²) in [6, 6.07) is 15.5. The first-order valence-corrected chi connectivity index (χ1v) is 13.8. The van der Waals surface area contributed by atoms with Crippen molar-refractivity contribution in [1.82, 2.24) is 10.3 Å². The van der Waals surface area contributed by atoms with Crippen molar-refractivity contribution >= 4 is 38.4 Å². The third-order valence-corrected chi connectivity index (χ3v) is 6.99. The summed E-state index contributed by atoms with van der Waals surface area (Å²) in [5.74, 6) is -2.45. The Kier molecular flexibility index (Phi) is 9.00. The van der Waals surface area contributed by atoms with Crippen LogP contribution in [0.2, 0.25) is 0 Å². The highest BCUT2D eigenvalue weighted by Crippen LogP contribution is 2.36. The van der Waals surface area contributed by atoms with E-state index in [4.69, 9.17) is 0 Å². The number of para-hydroxylation sites is 1. The monoisotopic (exact) mass is 574 g/mol. The van der Waals surface area contributed by atoms with Crippen LogP contribution in [0.4, 0.5) is 14.9 Å². The molecule has 39 heavy (non-hydrogen) atoms. The van der Waals surface area contributed by atoms with Gasteiger partial charge in [-0.3, -0.25) is 0 Å². The molecule has 0 aliphatic rings. The molecule has 0 saturated heterocycles. The molecule has 0 radical (unpaired) electrons. The van der Waals surface area contributed by atoms with Crippen molar-refractivity contribution in [2.75, 3.05) is 11.6 Å². The number of sulfone groups is 1. The van der Waals surface area contributed by atoms with Gasteiger partial charge >= 0.3 is 12.0 Å². The van der Waals surface area contributed by atoms with Crippen molar-refractivity contribution in [3.8, 4) is 11.1 Å². The minimum absolute atomic E-state index is 0. The molecule has 2 amide bonds. The predicted molar refractivity (Wildman–Crippen MR) is 143 cm³/mol. The molecule has 0 aliphatic heterocycles. The molecular formula is C27H28ClFN4O5S. The minimum atomic E-state index is -3.45. The summed E-state index contributed by atoms with van der Waals surface area (Å²) in [7, 11) is -3.45. The molecule has 1 atom stereocenters. The maximum Gasteiger partial charge on any atom is 0.352 e. The van der Waals surface area contributed by atoms with Crippen LogP contribution in [0.1, 0.15) is 40.1 Å². The Morgan fingerprint density at radius 3 is 2.38 bits per heavy atom. The number of carboxylic acids is 1. The number of amides is 2. The highest BCUT2D eigenvalue weighted by molar-refractivity contribution is 7.89. The standard InChI is InChI=1S/C27H27FN4O5S.ClH/c1-15(30-27(35)31-19-10-6-16(13-29)7-11-19)20-4-3-5-21-23(25(26(33)34)32-24(20)21)17-8-9-18(22(28)12-17)14-38(2,36)37;/h3-12,15,32H,13-14,29H2,1-2H3,(H,33,34)(H2,30,31,35);1H. The van der Waals surface area contributed by atoms with Gasteiger partial charge in [0.15, 0.2) is 9.84 Å². The molecular weight excluding hydrogens is 547 g/mol. The number of aromatic nitrogens is 1. The second kappa shape index (κ2) is 11.9. The lowest BCUT2D eigenvalue weighted by molar-refractivity contribution is -0.386. The highest BCUT2D eigenvalue weighted by Gasteiger charge is 2.23. The molecule has 12 heteroatoms. The zero-order chi connectivity index (χ0) is 27.6. The number of H-pyrrole nitrogens is 1. The number of halogens is 2. The summed E-state index contributed by atoms with van der Waals surface area (Å²) in [5.41, 5.74) is 6.99. The molecule has 4 aromatic rings. The third-order valence-electron chi connectivity index (χ3n) is 6.15. The number of nitrogens with one attached hydrogen (secondary N) is 3. The number of fused-ring (bicyclic) bond motifs is 1. The number of hydrogen-bond donors (Lipinski definition) is 5. The van der Waals surface area contributed by atoms with Gasteiger partial charge in [0.05, 0.1) is 23.9 Å². The average molecular weight is 575 g/mol. The SMILES string of the molecule is CC(NC(=O)Nc1ccc(C[NH3+])cc1)c1cccc2c(-c3ccc(CS(C)(=O)=O)c(F)c3)c(C(=O)O)[nH]c12.[Cl-]. The maximum absolute atomic E-state index is 14.8. The number of carbonyl (C=O) groups excluding carboxylic acids is 1. The van der Waals surface area contributed by atoms with E-state index in [-0.39, 0.29) is 34.8 Å². The van der Waals surface area contributed by atoms with Gasteiger partial charge in [-0.05, 0) is 36.2 Å². The van der Waals surface area contributed by atoms with Crippen LogP contribution in [-0.4, -0.2) is 36.8 Å². The number of carbonyl (C=O) groups is 2. The number of aromatic amines is 1. The first-order valence-electron chi connectivity index (χ1n) is 11.8. The summed E-state index contributed by atoms with van der Waals surface area (Å²) in [4.78, 5) is 27.7. The van der Waals surface area contributed by atoms with Crippen LogP contribution in [0, 0.1) is 5.82 Å².